The van der Waals surface area contributed by atoms with Gasteiger partial charge in [0, 0.05) is 0 Å². The van der Waals surface area contributed by atoms with Crippen LogP contribution < -0.4 is 4.57 Å². The number of nitrogens with zero attached hydrogens (tertiary/aromatic N) is 2. The van der Waals surface area contributed by atoms with Crippen molar-refractivity contribution < 1.29 is 4.57 Å². The minimum absolute atomic E-state index is 0.663. The molecule has 0 aliphatic rings. The normalized spacial score (nSPS) is 12.8. The van der Waals surface area contributed by atoms with Gasteiger partial charge in [-0.25, -0.2) is 9.13 Å². The molecule has 27 heavy (non-hydrogen) atoms. The molecule has 1 rings (SSSR count). The zero-order valence-electron chi connectivity index (χ0n) is 19.1. The third kappa shape index (κ3) is 11.6. The number of unbranched alkanes of at least 4 members (excludes halogenated alkanes) is 12. The Kier molecular flexibility index (Phi) is 14.5. The van der Waals surface area contributed by atoms with E-state index in [1.54, 1.807) is 0 Å². The van der Waals surface area contributed by atoms with Crippen molar-refractivity contribution in [2.24, 2.45) is 5.92 Å². The van der Waals surface area contributed by atoms with Crippen molar-refractivity contribution in [1.29, 1.82) is 0 Å². The summed E-state index contributed by atoms with van der Waals surface area (Å²) in [5, 5.41) is 0. The Labute approximate surface area is 170 Å². The molecule has 158 valence electrons. The molecule has 0 saturated heterocycles. The molecule has 2 nitrogen and oxygen atoms in total. The van der Waals surface area contributed by atoms with Crippen LogP contribution in [0.3, 0.4) is 0 Å². The molecule has 0 amide bonds. The van der Waals surface area contributed by atoms with Crippen LogP contribution in [-0.2, 0) is 6.54 Å². The first-order chi connectivity index (χ1) is 13.2. The molecule has 0 N–H and O–H groups in total. The molecule has 0 aliphatic heterocycles. The lowest BCUT2D eigenvalue weighted by Gasteiger charge is -2.17. The van der Waals surface area contributed by atoms with Crippen LogP contribution in [0.25, 0.3) is 0 Å². The molecular weight excluding hydrogens is 328 g/mol. The summed E-state index contributed by atoms with van der Waals surface area (Å²) in [6.07, 6.45) is 28.1. The number of aryl methyl sites for hydroxylation is 1. The van der Waals surface area contributed by atoms with Crippen LogP contribution in [0, 0.1) is 5.92 Å². The minimum atomic E-state index is 0.663. The van der Waals surface area contributed by atoms with E-state index in [1.165, 1.54) is 96.3 Å². The first-order valence-corrected chi connectivity index (χ1v) is 12.3. The number of hydrogen-bond donors (Lipinski definition) is 0. The van der Waals surface area contributed by atoms with E-state index in [0.29, 0.717) is 12.0 Å². The zero-order chi connectivity index (χ0) is 19.7. The van der Waals surface area contributed by atoms with Gasteiger partial charge in [-0.1, -0.05) is 105 Å². The van der Waals surface area contributed by atoms with Crippen molar-refractivity contribution in [2.75, 3.05) is 0 Å². The average Bonchev–Trinajstić information content (AvgIpc) is 3.10. The quantitative estimate of drug-likeness (QED) is 0.182. The predicted molar refractivity (Wildman–Crippen MR) is 119 cm³/mol. The van der Waals surface area contributed by atoms with Crippen molar-refractivity contribution >= 4 is 0 Å². The van der Waals surface area contributed by atoms with Gasteiger partial charge in [0.1, 0.15) is 18.4 Å². The van der Waals surface area contributed by atoms with Crippen molar-refractivity contribution in [3.05, 3.63) is 18.7 Å². The maximum atomic E-state index is 2.46. The van der Waals surface area contributed by atoms with E-state index in [-0.39, 0.29) is 0 Å². The maximum Gasteiger partial charge on any atom is 0.243 e. The lowest BCUT2D eigenvalue weighted by Crippen LogP contribution is -2.31. The molecule has 1 atom stereocenters. The van der Waals surface area contributed by atoms with Crippen molar-refractivity contribution in [3.63, 3.8) is 0 Å². The van der Waals surface area contributed by atoms with Gasteiger partial charge in [-0.2, -0.15) is 0 Å². The van der Waals surface area contributed by atoms with E-state index in [1.807, 2.05) is 0 Å². The smallest absolute Gasteiger partial charge is 0.237 e. The van der Waals surface area contributed by atoms with Gasteiger partial charge in [0.15, 0.2) is 0 Å². The summed E-state index contributed by atoms with van der Waals surface area (Å²) in [6, 6.07) is 0.663. The summed E-state index contributed by atoms with van der Waals surface area (Å²) in [4.78, 5) is 0. The third-order valence-corrected chi connectivity index (χ3v) is 5.95. The molecule has 0 radical (unpaired) electrons. The van der Waals surface area contributed by atoms with Crippen molar-refractivity contribution in [2.45, 2.75) is 137 Å². The molecule has 0 saturated carbocycles. The van der Waals surface area contributed by atoms with E-state index in [4.69, 9.17) is 0 Å². The molecule has 0 unspecified atom stereocenters. The summed E-state index contributed by atoms with van der Waals surface area (Å²) >= 11 is 0. The average molecular weight is 378 g/mol. The van der Waals surface area contributed by atoms with Gasteiger partial charge in [0.05, 0.1) is 6.54 Å². The summed E-state index contributed by atoms with van der Waals surface area (Å²) in [5.41, 5.74) is 0. The van der Waals surface area contributed by atoms with Crippen molar-refractivity contribution in [3.8, 4) is 0 Å². The highest BCUT2D eigenvalue weighted by atomic mass is 15.1. The van der Waals surface area contributed by atoms with Crippen LogP contribution in [0.15, 0.2) is 18.7 Å². The second-order valence-corrected chi connectivity index (χ2v) is 8.94. The molecule has 1 heterocycles. The van der Waals surface area contributed by atoms with Crippen molar-refractivity contribution in [1.82, 2.24) is 4.57 Å². The molecular formula is C25H49N2+. The number of rotatable bonds is 18. The van der Waals surface area contributed by atoms with Gasteiger partial charge in [-0.05, 0) is 25.2 Å². The summed E-state index contributed by atoms with van der Waals surface area (Å²) in [5.74, 6) is 0.713. The molecule has 0 bridgehead atoms. The van der Waals surface area contributed by atoms with E-state index >= 15 is 0 Å². The van der Waals surface area contributed by atoms with Crippen LogP contribution in [0.2, 0.25) is 0 Å². The SMILES string of the molecule is CCCCCCCCCCCCCCC[C@@H](C(C)C)n1cc[n+](CCC)c1. The lowest BCUT2D eigenvalue weighted by atomic mass is 9.97. The first kappa shape index (κ1) is 24.2. The second kappa shape index (κ2) is 16.2. The molecule has 0 aromatic carbocycles. The Morgan fingerprint density at radius 1 is 0.704 bits per heavy atom. The Morgan fingerprint density at radius 3 is 1.70 bits per heavy atom. The van der Waals surface area contributed by atoms with Crippen LogP contribution in [0.5, 0.6) is 0 Å². The fourth-order valence-corrected chi connectivity index (χ4v) is 4.20. The zero-order valence-corrected chi connectivity index (χ0v) is 19.1. The van der Waals surface area contributed by atoms with E-state index in [0.717, 1.165) is 6.54 Å². The van der Waals surface area contributed by atoms with Crippen LogP contribution in [0.4, 0.5) is 0 Å². The number of hydrogen-bond acceptors (Lipinski definition) is 0. The highest BCUT2D eigenvalue weighted by Crippen LogP contribution is 2.24. The van der Waals surface area contributed by atoms with Gasteiger partial charge in [-0.3, -0.25) is 0 Å². The number of aromatic nitrogens is 2. The minimum Gasteiger partial charge on any atom is -0.237 e. The highest BCUT2D eigenvalue weighted by Gasteiger charge is 2.20. The number of imidazole rings is 1. The van der Waals surface area contributed by atoms with Crippen LogP contribution in [-0.4, -0.2) is 4.57 Å². The standard InChI is InChI=1S/C25H49N2/c1-5-7-8-9-10-11-12-13-14-15-16-17-18-19-25(24(3)4)27-22-21-26(23-27)20-6-2/h21-25H,5-20H2,1-4H3/q+1/t25-/m0/s1. The largest absolute Gasteiger partial charge is 0.243 e. The fraction of sp³-hybridized carbons (Fsp3) is 0.880. The summed E-state index contributed by atoms with van der Waals surface area (Å²) < 4.78 is 4.79. The lowest BCUT2D eigenvalue weighted by molar-refractivity contribution is -0.696. The van der Waals surface area contributed by atoms with Gasteiger partial charge in [0.25, 0.3) is 0 Å². The summed E-state index contributed by atoms with van der Waals surface area (Å²) in [6.45, 7) is 10.4. The van der Waals surface area contributed by atoms with Crippen LogP contribution in [0.1, 0.15) is 130 Å². The Balaban J connectivity index is 2.03. The Hall–Kier alpha value is -0.790. The van der Waals surface area contributed by atoms with Gasteiger partial charge in [-0.15, -0.1) is 0 Å². The second-order valence-electron chi connectivity index (χ2n) is 8.94. The van der Waals surface area contributed by atoms with E-state index < -0.39 is 0 Å². The van der Waals surface area contributed by atoms with Gasteiger partial charge in [0.2, 0.25) is 6.33 Å². The summed E-state index contributed by atoms with van der Waals surface area (Å²) in [7, 11) is 0. The predicted octanol–water partition coefficient (Wildman–Crippen LogP) is 7.86. The third-order valence-electron chi connectivity index (χ3n) is 5.95. The molecule has 0 spiro atoms. The van der Waals surface area contributed by atoms with Crippen LogP contribution >= 0.6 is 0 Å². The Morgan fingerprint density at radius 2 is 1.22 bits per heavy atom. The Bertz CT molecular complexity index is 435. The first-order valence-electron chi connectivity index (χ1n) is 12.3. The monoisotopic (exact) mass is 377 g/mol. The molecule has 0 fully saturated rings. The van der Waals surface area contributed by atoms with E-state index in [9.17, 15) is 0 Å². The van der Waals surface area contributed by atoms with Gasteiger partial charge < -0.3 is 0 Å². The molecule has 1 aromatic heterocycles. The molecule has 0 aliphatic carbocycles. The van der Waals surface area contributed by atoms with E-state index in [2.05, 4.69) is 55.6 Å². The molecule has 2 heteroatoms. The van der Waals surface area contributed by atoms with Gasteiger partial charge >= 0.3 is 0 Å². The fourth-order valence-electron chi connectivity index (χ4n) is 4.20. The molecule has 1 aromatic rings. The maximum absolute atomic E-state index is 2.46. The topological polar surface area (TPSA) is 8.81 Å². The highest BCUT2D eigenvalue weighted by molar-refractivity contribution is 4.77.